The van der Waals surface area contributed by atoms with Crippen molar-refractivity contribution in [3.8, 4) is 11.1 Å². The SMILES string of the molecule is COCO[C@@H]1CC[C@@H]2[C@@H](C1)C[C@@H](N1CCCC1=O)[C@H]2/C=C/c1ccc(-c2cccc(F)c2)cn1. The van der Waals surface area contributed by atoms with Gasteiger partial charge in [-0.15, -0.1) is 0 Å². The Kier molecular flexibility index (Phi) is 7.07. The molecule has 0 unspecified atom stereocenters. The number of aromatic nitrogens is 1. The van der Waals surface area contributed by atoms with Gasteiger partial charge >= 0.3 is 0 Å². The third-order valence-electron chi connectivity index (χ3n) is 7.84. The molecule has 6 heteroatoms. The maximum absolute atomic E-state index is 13.6. The molecule has 1 amide bonds. The first-order chi connectivity index (χ1) is 16.6. The van der Waals surface area contributed by atoms with Gasteiger partial charge in [-0.2, -0.15) is 0 Å². The molecule has 1 aromatic heterocycles. The number of halogens is 1. The van der Waals surface area contributed by atoms with Crippen LogP contribution in [-0.2, 0) is 14.3 Å². The lowest BCUT2D eigenvalue weighted by atomic mass is 9.76. The predicted molar refractivity (Wildman–Crippen MR) is 129 cm³/mol. The van der Waals surface area contributed by atoms with E-state index in [4.69, 9.17) is 9.47 Å². The van der Waals surface area contributed by atoms with Crippen LogP contribution in [0, 0.1) is 23.6 Å². The fourth-order valence-corrected chi connectivity index (χ4v) is 6.27. The minimum Gasteiger partial charge on any atom is -0.359 e. The molecule has 1 saturated heterocycles. The Morgan fingerprint density at radius 1 is 1.18 bits per heavy atom. The number of likely N-dealkylation sites (tertiary alicyclic amines) is 1. The Morgan fingerprint density at radius 3 is 2.82 bits per heavy atom. The molecule has 2 aliphatic carbocycles. The van der Waals surface area contributed by atoms with Gasteiger partial charge in [0.05, 0.1) is 11.8 Å². The molecule has 0 radical (unpaired) electrons. The van der Waals surface area contributed by atoms with Crippen molar-refractivity contribution in [1.82, 2.24) is 9.88 Å². The molecule has 2 saturated carbocycles. The summed E-state index contributed by atoms with van der Waals surface area (Å²) in [4.78, 5) is 19.4. The van der Waals surface area contributed by atoms with Crippen molar-refractivity contribution < 1.29 is 18.7 Å². The normalized spacial score (nSPS) is 29.2. The van der Waals surface area contributed by atoms with E-state index in [-0.39, 0.29) is 18.0 Å². The second-order valence-electron chi connectivity index (χ2n) is 9.84. The van der Waals surface area contributed by atoms with E-state index in [1.165, 1.54) is 12.1 Å². The van der Waals surface area contributed by atoms with Gasteiger partial charge in [-0.3, -0.25) is 9.78 Å². The van der Waals surface area contributed by atoms with E-state index in [2.05, 4.69) is 22.0 Å². The molecule has 180 valence electrons. The quantitative estimate of drug-likeness (QED) is 0.521. The minimum absolute atomic E-state index is 0.246. The Labute approximate surface area is 201 Å². The number of rotatable bonds is 7. The zero-order chi connectivity index (χ0) is 23.5. The van der Waals surface area contributed by atoms with Gasteiger partial charge in [0.2, 0.25) is 5.91 Å². The molecule has 0 bridgehead atoms. The molecule has 5 rings (SSSR count). The lowest BCUT2D eigenvalue weighted by Gasteiger charge is -2.34. The van der Waals surface area contributed by atoms with E-state index in [1.54, 1.807) is 19.4 Å². The van der Waals surface area contributed by atoms with E-state index in [1.807, 2.05) is 18.2 Å². The van der Waals surface area contributed by atoms with Crippen molar-refractivity contribution in [2.45, 2.75) is 50.7 Å². The highest BCUT2D eigenvalue weighted by atomic mass is 19.1. The third-order valence-corrected chi connectivity index (χ3v) is 7.84. The van der Waals surface area contributed by atoms with Crippen LogP contribution in [0.15, 0.2) is 48.7 Å². The van der Waals surface area contributed by atoms with Crippen LogP contribution in [0.5, 0.6) is 0 Å². The van der Waals surface area contributed by atoms with Crippen LogP contribution in [0.2, 0.25) is 0 Å². The first-order valence-electron chi connectivity index (χ1n) is 12.4. The van der Waals surface area contributed by atoms with E-state index in [9.17, 15) is 9.18 Å². The number of hydrogen-bond donors (Lipinski definition) is 0. The van der Waals surface area contributed by atoms with E-state index in [0.29, 0.717) is 36.9 Å². The maximum Gasteiger partial charge on any atom is 0.222 e. The zero-order valence-corrected chi connectivity index (χ0v) is 19.7. The second kappa shape index (κ2) is 10.4. The van der Waals surface area contributed by atoms with Crippen LogP contribution >= 0.6 is 0 Å². The standard InChI is InChI=1S/C28H33FN2O3/c1-33-18-34-24-10-12-25-21(15-24)16-27(31-13-3-6-28(31)32)26(25)11-9-23-8-7-20(17-30-23)19-4-2-5-22(29)14-19/h2,4-5,7-9,11,14,17,21,24-27H,3,6,10,12-13,15-16,18H2,1H3/b11-9+/t21-,24+,25+,26-,27+/m0/s1. The van der Waals surface area contributed by atoms with E-state index >= 15 is 0 Å². The first-order valence-corrected chi connectivity index (χ1v) is 12.4. The maximum atomic E-state index is 13.6. The van der Waals surface area contributed by atoms with Crippen molar-refractivity contribution in [3.05, 3.63) is 60.2 Å². The number of carbonyl (C=O) groups excluding carboxylic acids is 1. The summed E-state index contributed by atoms with van der Waals surface area (Å²) in [6, 6.07) is 10.8. The molecule has 1 aromatic carbocycles. The number of ether oxygens (including phenoxy) is 2. The summed E-state index contributed by atoms with van der Waals surface area (Å²) in [5.74, 6) is 1.50. The first kappa shape index (κ1) is 23.2. The van der Waals surface area contributed by atoms with Crippen LogP contribution < -0.4 is 0 Å². The summed E-state index contributed by atoms with van der Waals surface area (Å²) in [5.41, 5.74) is 2.60. The lowest BCUT2D eigenvalue weighted by Crippen LogP contribution is -2.39. The number of carbonyl (C=O) groups is 1. The molecule has 2 aromatic rings. The number of nitrogens with zero attached hydrogens (tertiary/aromatic N) is 2. The van der Waals surface area contributed by atoms with Crippen LogP contribution in [0.3, 0.4) is 0 Å². The van der Waals surface area contributed by atoms with Gasteiger partial charge in [0.15, 0.2) is 0 Å². The van der Waals surface area contributed by atoms with Gasteiger partial charge in [-0.1, -0.05) is 24.3 Å². The molecule has 5 nitrogen and oxygen atoms in total. The average Bonchev–Trinajstić information content (AvgIpc) is 3.44. The molecule has 0 N–H and O–H groups in total. The Balaban J connectivity index is 1.33. The molecule has 34 heavy (non-hydrogen) atoms. The molecule has 2 heterocycles. The van der Waals surface area contributed by atoms with Crippen molar-refractivity contribution in [2.24, 2.45) is 17.8 Å². The molecule has 3 aliphatic rings. The molecular weight excluding hydrogens is 431 g/mol. The number of amides is 1. The largest absolute Gasteiger partial charge is 0.359 e. The summed E-state index contributed by atoms with van der Waals surface area (Å²) in [6.45, 7) is 1.22. The molecule has 3 fully saturated rings. The molecule has 0 spiro atoms. The highest BCUT2D eigenvalue weighted by Crippen LogP contribution is 2.49. The molecule has 5 atom stereocenters. The topological polar surface area (TPSA) is 51.7 Å². The monoisotopic (exact) mass is 464 g/mol. The lowest BCUT2D eigenvalue weighted by molar-refractivity contribution is -0.130. The number of hydrogen-bond acceptors (Lipinski definition) is 4. The fourth-order valence-electron chi connectivity index (χ4n) is 6.27. The number of benzene rings is 1. The van der Waals surface area contributed by atoms with E-state index < -0.39 is 0 Å². The molecular formula is C28H33FN2O3. The summed E-state index contributed by atoms with van der Waals surface area (Å²) in [7, 11) is 1.66. The number of pyridine rings is 1. The highest BCUT2D eigenvalue weighted by Gasteiger charge is 2.48. The Hall–Kier alpha value is -2.57. The van der Waals surface area contributed by atoms with Gasteiger partial charge in [-0.05, 0) is 73.8 Å². The highest BCUT2D eigenvalue weighted by molar-refractivity contribution is 5.78. The zero-order valence-electron chi connectivity index (χ0n) is 19.7. The Morgan fingerprint density at radius 2 is 2.09 bits per heavy atom. The predicted octanol–water partition coefficient (Wildman–Crippen LogP) is 5.32. The van der Waals surface area contributed by atoms with Gasteiger partial charge in [-0.25, -0.2) is 4.39 Å². The van der Waals surface area contributed by atoms with Crippen LogP contribution in [-0.4, -0.2) is 48.4 Å². The van der Waals surface area contributed by atoms with Crippen molar-refractivity contribution in [1.29, 1.82) is 0 Å². The van der Waals surface area contributed by atoms with Crippen LogP contribution in [0.25, 0.3) is 17.2 Å². The summed E-state index contributed by atoms with van der Waals surface area (Å²) >= 11 is 0. The summed E-state index contributed by atoms with van der Waals surface area (Å²) in [6.07, 6.45) is 12.3. The Bertz CT molecular complexity index is 1020. The van der Waals surface area contributed by atoms with E-state index in [0.717, 1.165) is 55.5 Å². The minimum atomic E-state index is -0.248. The van der Waals surface area contributed by atoms with Crippen molar-refractivity contribution in [3.63, 3.8) is 0 Å². The molecule has 1 aliphatic heterocycles. The second-order valence-corrected chi connectivity index (χ2v) is 9.84. The van der Waals surface area contributed by atoms with Crippen LogP contribution in [0.4, 0.5) is 4.39 Å². The average molecular weight is 465 g/mol. The van der Waals surface area contributed by atoms with Crippen LogP contribution in [0.1, 0.15) is 44.2 Å². The van der Waals surface area contributed by atoms with Crippen molar-refractivity contribution >= 4 is 12.0 Å². The fraction of sp³-hybridized carbons (Fsp3) is 0.500. The van der Waals surface area contributed by atoms with Gasteiger partial charge in [0.1, 0.15) is 12.6 Å². The van der Waals surface area contributed by atoms with Gasteiger partial charge in [0, 0.05) is 43.8 Å². The smallest absolute Gasteiger partial charge is 0.222 e. The summed E-state index contributed by atoms with van der Waals surface area (Å²) in [5, 5.41) is 0. The van der Waals surface area contributed by atoms with Gasteiger partial charge in [0.25, 0.3) is 0 Å². The summed E-state index contributed by atoms with van der Waals surface area (Å²) < 4.78 is 24.6. The van der Waals surface area contributed by atoms with Gasteiger partial charge < -0.3 is 14.4 Å². The number of fused-ring (bicyclic) bond motifs is 1. The third kappa shape index (κ3) is 4.93. The number of methoxy groups -OCH3 is 1. The van der Waals surface area contributed by atoms with Crippen molar-refractivity contribution in [2.75, 3.05) is 20.4 Å².